The van der Waals surface area contributed by atoms with Crippen LogP contribution in [0.2, 0.25) is 0 Å². The number of fused-ring (bicyclic) bond motifs is 1. The molecule has 0 aliphatic heterocycles. The molecule has 0 amide bonds. The fourth-order valence-corrected chi connectivity index (χ4v) is 2.64. The van der Waals surface area contributed by atoms with Crippen LogP contribution in [-0.2, 0) is 0 Å². The van der Waals surface area contributed by atoms with Crippen LogP contribution >= 0.6 is 0 Å². The third kappa shape index (κ3) is 2.19. The van der Waals surface area contributed by atoms with E-state index in [9.17, 15) is 14.7 Å². The van der Waals surface area contributed by atoms with E-state index in [1.807, 2.05) is 50.2 Å². The standard InChI is InChI=1S/C18H14O4/c1-10-7-8-14-13(9-10)15(12-6-4-3-5-11(12)2)16(17(19)20)18(21)22-14/h3-9H,1-2H3,(H,19,20). The fraction of sp³-hybridized carbons (Fsp3) is 0.111. The molecule has 0 aliphatic rings. The van der Waals surface area contributed by atoms with Gasteiger partial charge in [-0.2, -0.15) is 0 Å². The molecule has 0 atom stereocenters. The van der Waals surface area contributed by atoms with Gasteiger partial charge in [-0.25, -0.2) is 9.59 Å². The molecule has 3 aromatic rings. The average Bonchev–Trinajstić information content (AvgIpc) is 2.47. The van der Waals surface area contributed by atoms with Crippen molar-refractivity contribution in [1.29, 1.82) is 0 Å². The first-order valence-corrected chi connectivity index (χ1v) is 6.86. The van der Waals surface area contributed by atoms with Crippen LogP contribution in [0.1, 0.15) is 21.5 Å². The van der Waals surface area contributed by atoms with Gasteiger partial charge in [0.05, 0.1) is 0 Å². The monoisotopic (exact) mass is 294 g/mol. The van der Waals surface area contributed by atoms with Gasteiger partial charge in [-0.1, -0.05) is 35.9 Å². The van der Waals surface area contributed by atoms with E-state index >= 15 is 0 Å². The Bertz CT molecular complexity index is 951. The molecule has 4 heteroatoms. The first kappa shape index (κ1) is 14.1. The Balaban J connectivity index is 2.57. The first-order valence-electron chi connectivity index (χ1n) is 6.86. The summed E-state index contributed by atoms with van der Waals surface area (Å²) in [7, 11) is 0. The van der Waals surface area contributed by atoms with Crippen molar-refractivity contribution in [1.82, 2.24) is 0 Å². The molecule has 3 rings (SSSR count). The Kier molecular flexibility index (Phi) is 3.29. The third-order valence-electron chi connectivity index (χ3n) is 3.69. The molecule has 4 nitrogen and oxygen atoms in total. The molecule has 0 saturated heterocycles. The number of aryl methyl sites for hydroxylation is 2. The van der Waals surface area contributed by atoms with Crippen LogP contribution in [0.3, 0.4) is 0 Å². The molecule has 2 aromatic carbocycles. The summed E-state index contributed by atoms with van der Waals surface area (Å²) < 4.78 is 5.17. The number of carbonyl (C=O) groups is 1. The quantitative estimate of drug-likeness (QED) is 0.730. The Morgan fingerprint density at radius 3 is 2.50 bits per heavy atom. The predicted molar refractivity (Wildman–Crippen MR) is 84.4 cm³/mol. The lowest BCUT2D eigenvalue weighted by Gasteiger charge is -2.12. The van der Waals surface area contributed by atoms with E-state index in [0.717, 1.165) is 16.7 Å². The molecule has 0 spiro atoms. The molecule has 0 bridgehead atoms. The Morgan fingerprint density at radius 1 is 1.09 bits per heavy atom. The topological polar surface area (TPSA) is 67.5 Å². The highest BCUT2D eigenvalue weighted by Crippen LogP contribution is 2.33. The SMILES string of the molecule is Cc1ccc2oc(=O)c(C(=O)O)c(-c3ccccc3C)c2c1. The minimum Gasteiger partial charge on any atom is -0.477 e. The number of rotatable bonds is 2. The summed E-state index contributed by atoms with van der Waals surface area (Å²) in [5, 5.41) is 10.1. The zero-order valence-corrected chi connectivity index (χ0v) is 12.2. The van der Waals surface area contributed by atoms with Gasteiger partial charge in [-0.05, 0) is 37.1 Å². The van der Waals surface area contributed by atoms with Gasteiger partial charge >= 0.3 is 11.6 Å². The van der Waals surface area contributed by atoms with E-state index in [1.165, 1.54) is 0 Å². The summed E-state index contributed by atoms with van der Waals surface area (Å²) in [5.41, 5.74) is 2.24. The van der Waals surface area contributed by atoms with Gasteiger partial charge in [0, 0.05) is 10.9 Å². The second-order valence-corrected chi connectivity index (χ2v) is 5.26. The smallest absolute Gasteiger partial charge is 0.351 e. The summed E-state index contributed by atoms with van der Waals surface area (Å²) in [6.45, 7) is 3.80. The van der Waals surface area contributed by atoms with E-state index in [0.29, 0.717) is 16.5 Å². The maximum Gasteiger partial charge on any atom is 0.351 e. The molecule has 1 aromatic heterocycles. The van der Waals surface area contributed by atoms with E-state index < -0.39 is 11.6 Å². The Labute approximate surface area is 126 Å². The van der Waals surface area contributed by atoms with E-state index in [2.05, 4.69) is 0 Å². The normalized spacial score (nSPS) is 10.8. The molecule has 1 heterocycles. The molecule has 0 radical (unpaired) electrons. The number of benzene rings is 2. The van der Waals surface area contributed by atoms with Gasteiger partial charge in [0.1, 0.15) is 5.58 Å². The first-order chi connectivity index (χ1) is 10.5. The van der Waals surface area contributed by atoms with Gasteiger partial charge in [0.15, 0.2) is 5.56 Å². The van der Waals surface area contributed by atoms with Crippen molar-refractivity contribution in [2.75, 3.05) is 0 Å². The lowest BCUT2D eigenvalue weighted by molar-refractivity contribution is 0.0693. The number of carboxylic acids is 1. The van der Waals surface area contributed by atoms with Gasteiger partial charge in [0.2, 0.25) is 0 Å². The lowest BCUT2D eigenvalue weighted by atomic mass is 9.93. The summed E-state index contributed by atoms with van der Waals surface area (Å²) in [4.78, 5) is 23.7. The number of hydrogen-bond acceptors (Lipinski definition) is 3. The second kappa shape index (κ2) is 5.15. The minimum absolute atomic E-state index is 0.326. The number of carboxylic acid groups (broad SMARTS) is 1. The summed E-state index contributed by atoms with van der Waals surface area (Å²) in [5.74, 6) is -1.28. The Morgan fingerprint density at radius 2 is 1.82 bits per heavy atom. The van der Waals surface area contributed by atoms with E-state index in [-0.39, 0.29) is 5.56 Å². The second-order valence-electron chi connectivity index (χ2n) is 5.26. The van der Waals surface area contributed by atoms with E-state index in [1.54, 1.807) is 6.07 Å². The molecule has 22 heavy (non-hydrogen) atoms. The third-order valence-corrected chi connectivity index (χ3v) is 3.69. The molecule has 0 fully saturated rings. The van der Waals surface area contributed by atoms with Crippen LogP contribution in [0.4, 0.5) is 0 Å². The average molecular weight is 294 g/mol. The number of hydrogen-bond donors (Lipinski definition) is 1. The zero-order chi connectivity index (χ0) is 15.9. The predicted octanol–water partition coefficient (Wildman–Crippen LogP) is 3.78. The van der Waals surface area contributed by atoms with Gasteiger partial charge in [0.25, 0.3) is 0 Å². The lowest BCUT2D eigenvalue weighted by Crippen LogP contribution is -2.16. The maximum atomic E-state index is 12.1. The molecular weight excluding hydrogens is 280 g/mol. The van der Waals surface area contributed by atoms with Crippen LogP contribution in [0.25, 0.3) is 22.1 Å². The highest BCUT2D eigenvalue weighted by molar-refractivity contribution is 6.06. The van der Waals surface area contributed by atoms with Crippen molar-refractivity contribution in [3.8, 4) is 11.1 Å². The highest BCUT2D eigenvalue weighted by atomic mass is 16.4. The minimum atomic E-state index is -1.28. The van der Waals surface area contributed by atoms with Crippen LogP contribution < -0.4 is 5.63 Å². The zero-order valence-electron chi connectivity index (χ0n) is 12.2. The summed E-state index contributed by atoms with van der Waals surface area (Å²) >= 11 is 0. The van der Waals surface area contributed by atoms with Crippen molar-refractivity contribution >= 4 is 16.9 Å². The van der Waals surface area contributed by atoms with Crippen molar-refractivity contribution in [2.45, 2.75) is 13.8 Å². The summed E-state index contributed by atoms with van der Waals surface area (Å²) in [6.07, 6.45) is 0. The van der Waals surface area contributed by atoms with Crippen LogP contribution in [0.5, 0.6) is 0 Å². The maximum absolute atomic E-state index is 12.1. The molecular formula is C18H14O4. The van der Waals surface area contributed by atoms with E-state index in [4.69, 9.17) is 4.42 Å². The van der Waals surface area contributed by atoms with Crippen LogP contribution in [0, 0.1) is 13.8 Å². The highest BCUT2D eigenvalue weighted by Gasteiger charge is 2.22. The van der Waals surface area contributed by atoms with Gasteiger partial charge in [-0.3, -0.25) is 0 Å². The molecule has 110 valence electrons. The van der Waals surface area contributed by atoms with Crippen LogP contribution in [0.15, 0.2) is 51.7 Å². The fourth-order valence-electron chi connectivity index (χ4n) is 2.64. The van der Waals surface area contributed by atoms with Crippen molar-refractivity contribution < 1.29 is 14.3 Å². The molecule has 0 aliphatic carbocycles. The van der Waals surface area contributed by atoms with Crippen molar-refractivity contribution in [2.24, 2.45) is 0 Å². The van der Waals surface area contributed by atoms with Crippen molar-refractivity contribution in [3.63, 3.8) is 0 Å². The molecule has 1 N–H and O–H groups in total. The summed E-state index contributed by atoms with van der Waals surface area (Å²) in [6, 6.07) is 12.8. The number of aromatic carboxylic acids is 1. The Hall–Kier alpha value is -2.88. The van der Waals surface area contributed by atoms with Gasteiger partial charge < -0.3 is 9.52 Å². The molecule has 0 unspecified atom stereocenters. The van der Waals surface area contributed by atoms with Crippen molar-refractivity contribution in [3.05, 3.63) is 69.6 Å². The van der Waals surface area contributed by atoms with Crippen LogP contribution in [-0.4, -0.2) is 11.1 Å². The largest absolute Gasteiger partial charge is 0.477 e. The van der Waals surface area contributed by atoms with Gasteiger partial charge in [-0.15, -0.1) is 0 Å². The molecule has 0 saturated carbocycles.